The SMILES string of the molecule is CC(C)(C)OC(=O)NCc1nccc(I)c1F. The predicted octanol–water partition coefficient (Wildman–Crippen LogP) is 2.85. The van der Waals surface area contributed by atoms with Crippen molar-refractivity contribution in [1.29, 1.82) is 0 Å². The molecular weight excluding hydrogens is 338 g/mol. The summed E-state index contributed by atoms with van der Waals surface area (Å²) in [6.45, 7) is 5.29. The van der Waals surface area contributed by atoms with Crippen LogP contribution in [0.25, 0.3) is 0 Å². The Morgan fingerprint density at radius 3 is 2.82 bits per heavy atom. The fourth-order valence-corrected chi connectivity index (χ4v) is 1.53. The minimum atomic E-state index is -0.586. The second kappa shape index (κ2) is 5.61. The van der Waals surface area contributed by atoms with Gasteiger partial charge in [0, 0.05) is 6.20 Å². The number of pyridine rings is 1. The normalized spacial score (nSPS) is 11.1. The number of alkyl carbamates (subject to hydrolysis) is 1. The minimum Gasteiger partial charge on any atom is -0.444 e. The highest BCUT2D eigenvalue weighted by molar-refractivity contribution is 14.1. The predicted molar refractivity (Wildman–Crippen MR) is 70.0 cm³/mol. The molecule has 1 N–H and O–H groups in total. The van der Waals surface area contributed by atoms with Gasteiger partial charge in [-0.25, -0.2) is 9.18 Å². The van der Waals surface area contributed by atoms with Gasteiger partial charge in [0.2, 0.25) is 0 Å². The van der Waals surface area contributed by atoms with E-state index in [1.54, 1.807) is 26.8 Å². The molecule has 1 amide bonds. The van der Waals surface area contributed by atoms with Crippen LogP contribution in [0.4, 0.5) is 9.18 Å². The van der Waals surface area contributed by atoms with Gasteiger partial charge in [0.05, 0.1) is 15.8 Å². The summed E-state index contributed by atoms with van der Waals surface area (Å²) in [4.78, 5) is 15.2. The molecule has 1 rings (SSSR count). The van der Waals surface area contributed by atoms with Gasteiger partial charge in [-0.2, -0.15) is 0 Å². The number of halogens is 2. The van der Waals surface area contributed by atoms with E-state index in [4.69, 9.17) is 4.74 Å². The van der Waals surface area contributed by atoms with Gasteiger partial charge in [0.15, 0.2) is 5.82 Å². The highest BCUT2D eigenvalue weighted by Crippen LogP contribution is 2.12. The number of ether oxygens (including phenoxy) is 1. The lowest BCUT2D eigenvalue weighted by atomic mass is 10.2. The monoisotopic (exact) mass is 352 g/mol. The molecule has 0 saturated heterocycles. The Bertz CT molecular complexity index is 418. The van der Waals surface area contributed by atoms with Gasteiger partial charge < -0.3 is 10.1 Å². The topological polar surface area (TPSA) is 51.2 Å². The van der Waals surface area contributed by atoms with E-state index >= 15 is 0 Å². The number of aromatic nitrogens is 1. The quantitative estimate of drug-likeness (QED) is 0.833. The van der Waals surface area contributed by atoms with Crippen LogP contribution >= 0.6 is 22.6 Å². The fourth-order valence-electron chi connectivity index (χ4n) is 1.05. The fraction of sp³-hybridized carbons (Fsp3) is 0.455. The van der Waals surface area contributed by atoms with Gasteiger partial charge in [0.25, 0.3) is 0 Å². The zero-order valence-electron chi connectivity index (χ0n) is 9.88. The molecule has 0 radical (unpaired) electrons. The van der Waals surface area contributed by atoms with E-state index in [2.05, 4.69) is 10.3 Å². The second-order valence-electron chi connectivity index (χ2n) is 4.41. The maximum atomic E-state index is 13.5. The Morgan fingerprint density at radius 2 is 2.24 bits per heavy atom. The van der Waals surface area contributed by atoms with Crippen LogP contribution in [0.1, 0.15) is 26.5 Å². The van der Waals surface area contributed by atoms with Crippen LogP contribution in [0.2, 0.25) is 0 Å². The van der Waals surface area contributed by atoms with Gasteiger partial charge in [0.1, 0.15) is 5.60 Å². The number of carbonyl (C=O) groups is 1. The van der Waals surface area contributed by atoms with E-state index < -0.39 is 17.5 Å². The summed E-state index contributed by atoms with van der Waals surface area (Å²) in [5.74, 6) is -0.413. The number of hydrogen-bond donors (Lipinski definition) is 1. The van der Waals surface area contributed by atoms with Gasteiger partial charge in [-0.1, -0.05) is 0 Å². The summed E-state index contributed by atoms with van der Waals surface area (Å²) in [5.41, 5.74) is -0.371. The van der Waals surface area contributed by atoms with Crippen molar-refractivity contribution >= 4 is 28.7 Å². The Labute approximate surface area is 113 Å². The molecule has 1 aromatic rings. The Morgan fingerprint density at radius 1 is 1.59 bits per heavy atom. The highest BCUT2D eigenvalue weighted by atomic mass is 127. The molecule has 0 aliphatic heterocycles. The van der Waals surface area contributed by atoms with E-state index in [0.29, 0.717) is 3.57 Å². The zero-order valence-corrected chi connectivity index (χ0v) is 12.0. The molecule has 0 aliphatic rings. The second-order valence-corrected chi connectivity index (χ2v) is 5.57. The highest BCUT2D eigenvalue weighted by Gasteiger charge is 2.16. The number of amides is 1. The van der Waals surface area contributed by atoms with Crippen LogP contribution in [0, 0.1) is 9.39 Å². The molecule has 0 atom stereocenters. The van der Waals surface area contributed by atoms with Gasteiger partial charge in [-0.05, 0) is 49.4 Å². The van der Waals surface area contributed by atoms with Crippen molar-refractivity contribution in [1.82, 2.24) is 10.3 Å². The zero-order chi connectivity index (χ0) is 13.1. The van der Waals surface area contributed by atoms with Crippen molar-refractivity contribution in [3.63, 3.8) is 0 Å². The molecule has 0 aliphatic carbocycles. The molecule has 0 spiro atoms. The standard InChI is InChI=1S/C11H14FIN2O2/c1-11(2,3)17-10(16)15-6-8-9(12)7(13)4-5-14-8/h4-5H,6H2,1-3H3,(H,15,16). The number of nitrogens with one attached hydrogen (secondary N) is 1. The average molecular weight is 352 g/mol. The first kappa shape index (κ1) is 14.1. The van der Waals surface area contributed by atoms with E-state index in [1.807, 2.05) is 22.6 Å². The third kappa shape index (κ3) is 4.84. The minimum absolute atomic E-state index is 0.0115. The number of carbonyl (C=O) groups excluding carboxylic acids is 1. The number of nitrogens with zero attached hydrogens (tertiary/aromatic N) is 1. The summed E-state index contributed by atoms with van der Waals surface area (Å²) < 4.78 is 19.0. The van der Waals surface area contributed by atoms with Gasteiger partial charge in [-0.15, -0.1) is 0 Å². The molecule has 17 heavy (non-hydrogen) atoms. The molecule has 1 heterocycles. The Balaban J connectivity index is 2.56. The summed E-state index contributed by atoms with van der Waals surface area (Å²) in [5, 5.41) is 2.46. The summed E-state index contributed by atoms with van der Waals surface area (Å²) in [6.07, 6.45) is 0.911. The lowest BCUT2D eigenvalue weighted by molar-refractivity contribution is 0.0522. The molecule has 1 aromatic heterocycles. The average Bonchev–Trinajstić information content (AvgIpc) is 2.18. The van der Waals surface area contributed by atoms with Crippen LogP contribution in [0.15, 0.2) is 12.3 Å². The number of hydrogen-bond acceptors (Lipinski definition) is 3. The molecule has 4 nitrogen and oxygen atoms in total. The molecule has 0 unspecified atom stereocenters. The largest absolute Gasteiger partial charge is 0.444 e. The van der Waals surface area contributed by atoms with E-state index in [-0.39, 0.29) is 12.2 Å². The van der Waals surface area contributed by atoms with Crippen molar-refractivity contribution in [2.24, 2.45) is 0 Å². The first-order valence-corrected chi connectivity index (χ1v) is 6.13. The third-order valence-electron chi connectivity index (χ3n) is 1.71. The lowest BCUT2D eigenvalue weighted by Crippen LogP contribution is -2.32. The number of rotatable bonds is 2. The van der Waals surface area contributed by atoms with Crippen molar-refractivity contribution < 1.29 is 13.9 Å². The molecular formula is C11H14FIN2O2. The molecule has 0 fully saturated rings. The van der Waals surface area contributed by atoms with Crippen LogP contribution in [0.5, 0.6) is 0 Å². The third-order valence-corrected chi connectivity index (χ3v) is 2.55. The maximum absolute atomic E-state index is 13.5. The Hall–Kier alpha value is -0.920. The van der Waals surface area contributed by atoms with Gasteiger partial charge >= 0.3 is 6.09 Å². The van der Waals surface area contributed by atoms with E-state index in [1.165, 1.54) is 6.20 Å². The van der Waals surface area contributed by atoms with Crippen molar-refractivity contribution in [3.8, 4) is 0 Å². The Kier molecular flexibility index (Phi) is 4.67. The smallest absolute Gasteiger partial charge is 0.407 e. The van der Waals surface area contributed by atoms with Crippen molar-refractivity contribution in [2.75, 3.05) is 0 Å². The molecule has 0 bridgehead atoms. The molecule has 0 saturated carbocycles. The van der Waals surface area contributed by atoms with Crippen LogP contribution in [-0.4, -0.2) is 16.7 Å². The van der Waals surface area contributed by atoms with Gasteiger partial charge in [-0.3, -0.25) is 4.98 Å². The van der Waals surface area contributed by atoms with Crippen molar-refractivity contribution in [3.05, 3.63) is 27.3 Å². The molecule has 6 heteroatoms. The van der Waals surface area contributed by atoms with Crippen molar-refractivity contribution in [2.45, 2.75) is 32.9 Å². The summed E-state index contributed by atoms with van der Waals surface area (Å²) in [6, 6.07) is 1.56. The van der Waals surface area contributed by atoms with E-state index in [0.717, 1.165) is 0 Å². The summed E-state index contributed by atoms with van der Waals surface area (Å²) in [7, 11) is 0. The summed E-state index contributed by atoms with van der Waals surface area (Å²) >= 11 is 1.87. The first-order chi connectivity index (χ1) is 7.79. The molecule has 0 aromatic carbocycles. The van der Waals surface area contributed by atoms with Crippen LogP contribution in [-0.2, 0) is 11.3 Å². The maximum Gasteiger partial charge on any atom is 0.407 e. The van der Waals surface area contributed by atoms with E-state index in [9.17, 15) is 9.18 Å². The lowest BCUT2D eigenvalue weighted by Gasteiger charge is -2.19. The first-order valence-electron chi connectivity index (χ1n) is 5.05. The molecule has 94 valence electrons. The van der Waals surface area contributed by atoms with Crippen LogP contribution < -0.4 is 5.32 Å². The van der Waals surface area contributed by atoms with Crippen LogP contribution in [0.3, 0.4) is 0 Å².